The Balaban J connectivity index is 1.71. The highest BCUT2D eigenvalue weighted by Crippen LogP contribution is 2.32. The van der Waals surface area contributed by atoms with Gasteiger partial charge in [0, 0.05) is 31.5 Å². The second kappa shape index (κ2) is 7.31. The summed E-state index contributed by atoms with van der Waals surface area (Å²) >= 11 is 0. The summed E-state index contributed by atoms with van der Waals surface area (Å²) < 4.78 is 1.94. The third kappa shape index (κ3) is 3.47. The van der Waals surface area contributed by atoms with Gasteiger partial charge >= 0.3 is 0 Å². The molecule has 0 unspecified atom stereocenters. The number of hydrogen-bond donors (Lipinski definition) is 0. The van der Waals surface area contributed by atoms with Crippen molar-refractivity contribution in [3.63, 3.8) is 0 Å². The van der Waals surface area contributed by atoms with Crippen molar-refractivity contribution < 1.29 is 4.79 Å². The van der Waals surface area contributed by atoms with Crippen LogP contribution in [0.1, 0.15) is 47.2 Å². The van der Waals surface area contributed by atoms with Gasteiger partial charge in [-0.05, 0) is 44.4 Å². The lowest BCUT2D eigenvalue weighted by molar-refractivity contribution is 0.0605. The van der Waals surface area contributed by atoms with Crippen molar-refractivity contribution in [2.75, 3.05) is 6.54 Å². The van der Waals surface area contributed by atoms with E-state index in [1.54, 1.807) is 6.20 Å². The Morgan fingerprint density at radius 3 is 2.70 bits per heavy atom. The number of rotatable bonds is 3. The van der Waals surface area contributed by atoms with E-state index in [-0.39, 0.29) is 11.9 Å². The zero-order valence-corrected chi connectivity index (χ0v) is 15.7. The molecule has 27 heavy (non-hydrogen) atoms. The fraction of sp³-hybridized carbons (Fsp3) is 0.333. The van der Waals surface area contributed by atoms with E-state index < -0.39 is 0 Å². The van der Waals surface area contributed by atoms with E-state index in [0.29, 0.717) is 5.82 Å². The summed E-state index contributed by atoms with van der Waals surface area (Å²) in [7, 11) is 1.95. The molecule has 0 radical (unpaired) electrons. The van der Waals surface area contributed by atoms with Gasteiger partial charge in [-0.2, -0.15) is 0 Å². The molecule has 1 aromatic carbocycles. The van der Waals surface area contributed by atoms with Crippen molar-refractivity contribution in [1.29, 1.82) is 0 Å². The van der Waals surface area contributed by atoms with Crippen LogP contribution in [0.5, 0.6) is 0 Å². The Hall–Kier alpha value is -3.02. The van der Waals surface area contributed by atoms with Crippen molar-refractivity contribution >= 4 is 5.91 Å². The highest BCUT2D eigenvalue weighted by Gasteiger charge is 2.30. The molecule has 0 spiro atoms. The second-order valence-corrected chi connectivity index (χ2v) is 6.96. The molecule has 1 saturated heterocycles. The Bertz CT molecular complexity index is 950. The van der Waals surface area contributed by atoms with Gasteiger partial charge in [-0.3, -0.25) is 4.79 Å². The van der Waals surface area contributed by atoms with Gasteiger partial charge in [-0.1, -0.05) is 18.2 Å². The summed E-state index contributed by atoms with van der Waals surface area (Å²) in [5.74, 6) is 1.57. The fourth-order valence-corrected chi connectivity index (χ4v) is 3.72. The topological polar surface area (TPSA) is 63.9 Å². The van der Waals surface area contributed by atoms with Crippen LogP contribution in [-0.4, -0.2) is 36.9 Å². The molecule has 1 aliphatic rings. The van der Waals surface area contributed by atoms with Crippen LogP contribution in [0.15, 0.2) is 48.8 Å². The van der Waals surface area contributed by atoms with Crippen LogP contribution in [0.2, 0.25) is 0 Å². The second-order valence-electron chi connectivity index (χ2n) is 6.96. The van der Waals surface area contributed by atoms with Crippen LogP contribution in [0, 0.1) is 6.92 Å². The third-order valence-corrected chi connectivity index (χ3v) is 5.03. The van der Waals surface area contributed by atoms with E-state index in [1.165, 1.54) is 0 Å². The highest BCUT2D eigenvalue weighted by molar-refractivity contribution is 5.94. The number of benzene rings is 1. The lowest BCUT2D eigenvalue weighted by Crippen LogP contribution is -2.39. The maximum Gasteiger partial charge on any atom is 0.254 e. The Labute approximate surface area is 158 Å². The minimum absolute atomic E-state index is 0.0350. The number of aromatic nitrogens is 4. The molecule has 0 bridgehead atoms. The number of amides is 1. The average Bonchev–Trinajstić information content (AvgIpc) is 3.13. The van der Waals surface area contributed by atoms with Crippen molar-refractivity contribution in [3.8, 4) is 11.5 Å². The van der Waals surface area contributed by atoms with Crippen LogP contribution in [0.4, 0.5) is 0 Å². The molecule has 6 heteroatoms. The average molecular weight is 361 g/mol. The van der Waals surface area contributed by atoms with Crippen LogP contribution in [0.25, 0.3) is 11.5 Å². The number of nitrogens with zero attached hydrogens (tertiary/aromatic N) is 5. The first kappa shape index (κ1) is 17.4. The van der Waals surface area contributed by atoms with Gasteiger partial charge in [-0.25, -0.2) is 15.0 Å². The Kier molecular flexibility index (Phi) is 4.71. The number of imidazole rings is 1. The van der Waals surface area contributed by atoms with Gasteiger partial charge in [0.2, 0.25) is 0 Å². The monoisotopic (exact) mass is 361 g/mol. The van der Waals surface area contributed by atoms with Crippen molar-refractivity contribution in [1.82, 2.24) is 24.4 Å². The molecule has 2 aromatic heterocycles. The largest absolute Gasteiger partial charge is 0.333 e. The van der Waals surface area contributed by atoms with Crippen LogP contribution < -0.4 is 0 Å². The molecule has 3 heterocycles. The van der Waals surface area contributed by atoms with Crippen LogP contribution in [-0.2, 0) is 7.05 Å². The normalized spacial score (nSPS) is 17.1. The highest BCUT2D eigenvalue weighted by atomic mass is 16.2. The number of carbonyl (C=O) groups excluding carboxylic acids is 1. The van der Waals surface area contributed by atoms with Gasteiger partial charge in [0.1, 0.15) is 11.5 Å². The van der Waals surface area contributed by atoms with E-state index in [9.17, 15) is 4.79 Å². The summed E-state index contributed by atoms with van der Waals surface area (Å²) in [6, 6.07) is 11.4. The molecular formula is C21H23N5O. The van der Waals surface area contributed by atoms with E-state index in [1.807, 2.05) is 66.0 Å². The first-order chi connectivity index (χ1) is 13.1. The predicted molar refractivity (Wildman–Crippen MR) is 103 cm³/mol. The van der Waals surface area contributed by atoms with E-state index in [2.05, 4.69) is 15.0 Å². The van der Waals surface area contributed by atoms with Gasteiger partial charge in [-0.15, -0.1) is 0 Å². The number of piperidine rings is 1. The van der Waals surface area contributed by atoms with Gasteiger partial charge < -0.3 is 9.47 Å². The maximum atomic E-state index is 13.1. The number of hydrogen-bond acceptors (Lipinski definition) is 4. The Morgan fingerprint density at radius 1 is 1.15 bits per heavy atom. The van der Waals surface area contributed by atoms with Crippen LogP contribution in [0.3, 0.4) is 0 Å². The number of likely N-dealkylation sites (tertiary alicyclic amines) is 1. The molecule has 3 aromatic rings. The third-order valence-electron chi connectivity index (χ3n) is 5.03. The van der Waals surface area contributed by atoms with Gasteiger partial charge in [0.05, 0.1) is 11.7 Å². The molecule has 1 fully saturated rings. The standard InChI is InChI=1S/C21H23N5O/c1-15-23-17(14-18(24-15)20-22-11-13-25(20)2)19-10-6-7-12-26(19)21(27)16-8-4-3-5-9-16/h3-5,8-9,11,13-14,19H,6-7,10,12H2,1-2H3/t19-/m1/s1. The number of carbonyl (C=O) groups is 1. The lowest BCUT2D eigenvalue weighted by Gasteiger charge is -2.35. The molecule has 6 nitrogen and oxygen atoms in total. The smallest absolute Gasteiger partial charge is 0.254 e. The lowest BCUT2D eigenvalue weighted by atomic mass is 9.97. The summed E-state index contributed by atoms with van der Waals surface area (Å²) in [5, 5.41) is 0. The van der Waals surface area contributed by atoms with E-state index in [4.69, 9.17) is 0 Å². The number of aryl methyl sites for hydroxylation is 2. The molecule has 1 atom stereocenters. The molecule has 1 aliphatic heterocycles. The first-order valence-corrected chi connectivity index (χ1v) is 9.33. The molecule has 0 saturated carbocycles. The van der Waals surface area contributed by atoms with Crippen molar-refractivity contribution in [2.45, 2.75) is 32.2 Å². The summed E-state index contributed by atoms with van der Waals surface area (Å²) in [6.45, 7) is 2.64. The predicted octanol–water partition coefficient (Wildman–Crippen LogP) is 3.55. The Morgan fingerprint density at radius 2 is 1.96 bits per heavy atom. The SMILES string of the molecule is Cc1nc(-c2nccn2C)cc([C@H]2CCCCN2C(=O)c2ccccc2)n1. The molecule has 138 valence electrons. The van der Waals surface area contributed by atoms with Crippen LogP contribution >= 0.6 is 0 Å². The molecule has 0 N–H and O–H groups in total. The molecular weight excluding hydrogens is 338 g/mol. The zero-order valence-electron chi connectivity index (χ0n) is 15.7. The van der Waals surface area contributed by atoms with Crippen molar-refractivity contribution in [3.05, 3.63) is 65.9 Å². The molecule has 4 rings (SSSR count). The van der Waals surface area contributed by atoms with Crippen molar-refractivity contribution in [2.24, 2.45) is 7.05 Å². The quantitative estimate of drug-likeness (QED) is 0.716. The minimum atomic E-state index is -0.0350. The maximum absolute atomic E-state index is 13.1. The summed E-state index contributed by atoms with van der Waals surface area (Å²) in [6.07, 6.45) is 6.68. The fourth-order valence-electron chi connectivity index (χ4n) is 3.72. The molecule has 1 amide bonds. The van der Waals surface area contributed by atoms with E-state index >= 15 is 0 Å². The van der Waals surface area contributed by atoms with E-state index in [0.717, 1.165) is 48.6 Å². The summed E-state index contributed by atoms with van der Waals surface area (Å²) in [4.78, 5) is 28.7. The molecule has 0 aliphatic carbocycles. The zero-order chi connectivity index (χ0) is 18.8. The van der Waals surface area contributed by atoms with Gasteiger partial charge in [0.15, 0.2) is 5.82 Å². The first-order valence-electron chi connectivity index (χ1n) is 9.33. The minimum Gasteiger partial charge on any atom is -0.333 e. The summed E-state index contributed by atoms with van der Waals surface area (Å²) in [5.41, 5.74) is 2.41. The van der Waals surface area contributed by atoms with Gasteiger partial charge in [0.25, 0.3) is 5.91 Å².